The lowest BCUT2D eigenvalue weighted by Gasteiger charge is -2.13. The van der Waals surface area contributed by atoms with E-state index in [1.807, 2.05) is 30.3 Å². The number of hydrogen-bond donors (Lipinski definition) is 2. The van der Waals surface area contributed by atoms with Crippen molar-refractivity contribution in [3.05, 3.63) is 59.9 Å². The monoisotopic (exact) mass is 430 g/mol. The number of carbonyl (C=O) groups excluding carboxylic acids is 1. The third-order valence-electron chi connectivity index (χ3n) is 4.97. The van der Waals surface area contributed by atoms with Crippen LogP contribution in [0.25, 0.3) is 0 Å². The van der Waals surface area contributed by atoms with Gasteiger partial charge in [-0.25, -0.2) is 9.67 Å². The van der Waals surface area contributed by atoms with Gasteiger partial charge < -0.3 is 11.1 Å². The Morgan fingerprint density at radius 1 is 1.27 bits per heavy atom. The molecule has 1 aliphatic rings. The summed E-state index contributed by atoms with van der Waals surface area (Å²) in [5.41, 5.74) is 7.59. The molecular weight excluding hydrogens is 404 g/mol. The van der Waals surface area contributed by atoms with Crippen LogP contribution in [0, 0.1) is 5.92 Å². The predicted octanol–water partition coefficient (Wildman–Crippen LogP) is 1.30. The van der Waals surface area contributed by atoms with Crippen LogP contribution in [-0.2, 0) is 30.7 Å². The first-order valence-corrected chi connectivity index (χ1v) is 10.0. The maximum absolute atomic E-state index is 12.4. The number of amides is 1. The van der Waals surface area contributed by atoms with Gasteiger partial charge in [-0.05, 0) is 30.7 Å². The summed E-state index contributed by atoms with van der Waals surface area (Å²) in [6.07, 6.45) is 7.32. The van der Waals surface area contributed by atoms with E-state index in [-0.39, 0.29) is 30.9 Å². The Hall–Kier alpha value is -2.78. The molecule has 3 aromatic rings. The van der Waals surface area contributed by atoms with Crippen molar-refractivity contribution in [1.82, 2.24) is 35.1 Å². The van der Waals surface area contributed by atoms with Crippen LogP contribution < -0.4 is 11.1 Å². The molecule has 1 fully saturated rings. The molecule has 0 radical (unpaired) electrons. The molecule has 1 saturated carbocycles. The van der Waals surface area contributed by atoms with Crippen LogP contribution in [-0.4, -0.2) is 42.2 Å². The second-order valence-electron chi connectivity index (χ2n) is 7.50. The Bertz CT molecular complexity index is 924. The fourth-order valence-corrected chi connectivity index (χ4v) is 3.27. The third kappa shape index (κ3) is 6.11. The van der Waals surface area contributed by atoms with Crippen molar-refractivity contribution in [2.45, 2.75) is 44.8 Å². The summed E-state index contributed by atoms with van der Waals surface area (Å²) >= 11 is 0. The van der Waals surface area contributed by atoms with Crippen LogP contribution in [0.4, 0.5) is 0 Å². The number of hydrogen-bond acceptors (Lipinski definition) is 6. The lowest BCUT2D eigenvalue weighted by Crippen LogP contribution is -2.32. The van der Waals surface area contributed by atoms with E-state index in [4.69, 9.17) is 5.73 Å². The number of benzene rings is 1. The number of halogens is 1. The van der Waals surface area contributed by atoms with Gasteiger partial charge in [0.05, 0.1) is 18.8 Å². The maximum Gasteiger partial charge on any atom is 0.241 e. The number of nitrogens with one attached hydrogen (secondary N) is 1. The lowest BCUT2D eigenvalue weighted by molar-refractivity contribution is -0.121. The van der Waals surface area contributed by atoms with Crippen molar-refractivity contribution in [3.8, 4) is 0 Å². The van der Waals surface area contributed by atoms with E-state index in [1.54, 1.807) is 21.8 Å². The highest BCUT2D eigenvalue weighted by Gasteiger charge is 2.26. The molecule has 160 valence electrons. The van der Waals surface area contributed by atoms with Crippen LogP contribution in [0.2, 0.25) is 0 Å². The average Bonchev–Trinajstić information content (AvgIpc) is 3.20. The van der Waals surface area contributed by atoms with E-state index in [1.165, 1.54) is 12.8 Å². The summed E-state index contributed by atoms with van der Waals surface area (Å²) in [7, 11) is 0. The molecule has 2 aromatic heterocycles. The van der Waals surface area contributed by atoms with Crippen molar-refractivity contribution in [3.63, 3.8) is 0 Å². The fourth-order valence-electron chi connectivity index (χ4n) is 3.27. The smallest absolute Gasteiger partial charge is 0.241 e. The normalized spacial score (nSPS) is 14.2. The van der Waals surface area contributed by atoms with E-state index in [9.17, 15) is 4.79 Å². The molecule has 1 aliphatic carbocycles. The average molecular weight is 431 g/mol. The minimum atomic E-state index is -0.319. The highest BCUT2D eigenvalue weighted by atomic mass is 35.5. The van der Waals surface area contributed by atoms with Gasteiger partial charge in [-0.15, -0.1) is 17.5 Å². The fraction of sp³-hybridized carbons (Fsp3) is 0.450. The van der Waals surface area contributed by atoms with Gasteiger partial charge in [0.15, 0.2) is 5.82 Å². The highest BCUT2D eigenvalue weighted by Crippen LogP contribution is 2.32. The first kappa shape index (κ1) is 21.9. The number of aromatic nitrogens is 6. The molecule has 10 heteroatoms. The Labute approximate surface area is 181 Å². The summed E-state index contributed by atoms with van der Waals surface area (Å²) in [6, 6.07) is 9.74. The van der Waals surface area contributed by atoms with Crippen LogP contribution in [0.3, 0.4) is 0 Å². The van der Waals surface area contributed by atoms with Crippen molar-refractivity contribution < 1.29 is 4.79 Å². The topological polar surface area (TPSA) is 117 Å². The quantitative estimate of drug-likeness (QED) is 0.500. The predicted molar refractivity (Wildman–Crippen MR) is 114 cm³/mol. The van der Waals surface area contributed by atoms with Gasteiger partial charge in [-0.3, -0.25) is 9.48 Å². The van der Waals surface area contributed by atoms with E-state index >= 15 is 0 Å². The summed E-state index contributed by atoms with van der Waals surface area (Å²) < 4.78 is 3.33. The molecule has 3 N–H and O–H groups in total. The van der Waals surface area contributed by atoms with Gasteiger partial charge in [0, 0.05) is 19.2 Å². The molecule has 4 rings (SSSR count). The zero-order valence-corrected chi connectivity index (χ0v) is 17.5. The highest BCUT2D eigenvalue weighted by molar-refractivity contribution is 5.85. The molecule has 9 nitrogen and oxygen atoms in total. The van der Waals surface area contributed by atoms with Crippen molar-refractivity contribution >= 4 is 18.3 Å². The van der Waals surface area contributed by atoms with Crippen molar-refractivity contribution in [1.29, 1.82) is 0 Å². The second-order valence-corrected chi connectivity index (χ2v) is 7.50. The Morgan fingerprint density at radius 2 is 2.07 bits per heavy atom. The SMILES string of the molecule is Cl.N[C@H](Cc1ccccc1)c1nc(CC2CC2)nn1CC(=O)NCCn1ccnn1. The number of rotatable bonds is 10. The molecule has 0 bridgehead atoms. The zero-order chi connectivity index (χ0) is 20.1. The maximum atomic E-state index is 12.4. The van der Waals surface area contributed by atoms with Gasteiger partial charge >= 0.3 is 0 Å². The molecule has 0 saturated heterocycles. The lowest BCUT2D eigenvalue weighted by atomic mass is 10.1. The van der Waals surface area contributed by atoms with Crippen LogP contribution in [0.15, 0.2) is 42.7 Å². The van der Waals surface area contributed by atoms with Crippen LogP contribution in [0.1, 0.15) is 36.1 Å². The summed E-state index contributed by atoms with van der Waals surface area (Å²) in [5.74, 6) is 1.99. The largest absolute Gasteiger partial charge is 0.353 e. The number of carbonyl (C=O) groups is 1. The van der Waals surface area contributed by atoms with E-state index in [2.05, 4.69) is 25.7 Å². The minimum absolute atomic E-state index is 0. The number of nitrogens with zero attached hydrogens (tertiary/aromatic N) is 6. The van der Waals surface area contributed by atoms with E-state index in [0.29, 0.717) is 31.3 Å². The summed E-state index contributed by atoms with van der Waals surface area (Å²) in [6.45, 7) is 1.14. The van der Waals surface area contributed by atoms with E-state index in [0.717, 1.165) is 17.8 Å². The van der Waals surface area contributed by atoms with Gasteiger partial charge in [0.1, 0.15) is 12.4 Å². The second kappa shape index (κ2) is 10.3. The Kier molecular flexibility index (Phi) is 7.53. The van der Waals surface area contributed by atoms with Crippen molar-refractivity contribution in [2.24, 2.45) is 11.7 Å². The standard InChI is InChI=1S/C20H26N8O.ClH/c21-17(12-15-4-2-1-3-5-15)20-24-18(13-16-6-7-16)25-28(20)14-19(29)22-8-10-27-11-9-23-26-27;/h1-5,9,11,16-17H,6-8,10,12-14,21H2,(H,22,29);1H/t17-;/m1./s1. The van der Waals surface area contributed by atoms with Gasteiger partial charge in [0.25, 0.3) is 0 Å². The summed E-state index contributed by atoms with van der Waals surface area (Å²) in [5, 5.41) is 15.1. The van der Waals surface area contributed by atoms with Crippen LogP contribution in [0.5, 0.6) is 0 Å². The molecule has 30 heavy (non-hydrogen) atoms. The molecule has 0 unspecified atom stereocenters. The van der Waals surface area contributed by atoms with Gasteiger partial charge in [-0.2, -0.15) is 5.10 Å². The van der Waals surface area contributed by atoms with E-state index < -0.39 is 0 Å². The van der Waals surface area contributed by atoms with Gasteiger partial charge in [0.2, 0.25) is 5.91 Å². The van der Waals surface area contributed by atoms with Crippen LogP contribution >= 0.6 is 12.4 Å². The molecule has 1 atom stereocenters. The minimum Gasteiger partial charge on any atom is -0.353 e. The molecule has 0 spiro atoms. The molecule has 1 amide bonds. The first-order valence-electron chi connectivity index (χ1n) is 10.0. The first-order chi connectivity index (χ1) is 14.2. The Balaban J connectivity index is 0.00000256. The number of nitrogens with two attached hydrogens (primary N) is 1. The molecule has 0 aliphatic heterocycles. The Morgan fingerprint density at radius 3 is 2.77 bits per heavy atom. The van der Waals surface area contributed by atoms with Crippen molar-refractivity contribution in [2.75, 3.05) is 6.54 Å². The molecule has 2 heterocycles. The summed E-state index contributed by atoms with van der Waals surface area (Å²) in [4.78, 5) is 17.1. The zero-order valence-electron chi connectivity index (χ0n) is 16.7. The third-order valence-corrected chi connectivity index (χ3v) is 4.97. The molecular formula is C20H27ClN8O. The van der Waals surface area contributed by atoms with Gasteiger partial charge in [-0.1, -0.05) is 35.5 Å². The molecule has 1 aromatic carbocycles.